The van der Waals surface area contributed by atoms with Crippen molar-refractivity contribution in [3.8, 4) is 16.5 Å². The molecule has 0 unspecified atom stereocenters. The first-order valence-corrected chi connectivity index (χ1v) is 10.3. The van der Waals surface area contributed by atoms with Gasteiger partial charge in [0.2, 0.25) is 4.96 Å². The zero-order valence-electron chi connectivity index (χ0n) is 14.3. The molecule has 0 spiro atoms. The summed E-state index contributed by atoms with van der Waals surface area (Å²) in [5, 5.41) is 12.0. The summed E-state index contributed by atoms with van der Waals surface area (Å²) in [5.41, 5.74) is 1.42. The van der Waals surface area contributed by atoms with Crippen molar-refractivity contribution in [3.63, 3.8) is 0 Å². The first-order valence-electron chi connectivity index (χ1n) is 8.14. The number of amides is 1. The number of hydrogen-bond donors (Lipinski definition) is 1. The molecular formula is C18H15ClN4O2S2. The summed E-state index contributed by atoms with van der Waals surface area (Å²) in [4.78, 5) is 18.9. The van der Waals surface area contributed by atoms with Gasteiger partial charge in [-0.25, -0.2) is 4.52 Å². The lowest BCUT2D eigenvalue weighted by atomic mass is 10.2. The van der Waals surface area contributed by atoms with Crippen LogP contribution >= 0.6 is 34.3 Å². The zero-order valence-corrected chi connectivity index (χ0v) is 16.7. The van der Waals surface area contributed by atoms with Crippen LogP contribution in [0.25, 0.3) is 15.7 Å². The molecule has 0 radical (unpaired) electrons. The molecule has 4 aromatic rings. The van der Waals surface area contributed by atoms with Crippen LogP contribution in [0.5, 0.6) is 5.75 Å². The topological polar surface area (TPSA) is 68.5 Å². The number of aromatic nitrogens is 3. The maximum atomic E-state index is 12.4. The van der Waals surface area contributed by atoms with Crippen LogP contribution in [0.3, 0.4) is 0 Å². The van der Waals surface area contributed by atoms with Gasteiger partial charge in [-0.1, -0.05) is 17.7 Å². The maximum Gasteiger partial charge on any atom is 0.255 e. The van der Waals surface area contributed by atoms with Gasteiger partial charge < -0.3 is 10.1 Å². The summed E-state index contributed by atoms with van der Waals surface area (Å²) in [6.45, 7) is 0.467. The lowest BCUT2D eigenvalue weighted by Crippen LogP contribution is -2.26. The number of nitrogens with zero attached hydrogens (tertiary/aromatic N) is 3. The maximum absolute atomic E-state index is 12.4. The summed E-state index contributed by atoms with van der Waals surface area (Å²) in [6.07, 6.45) is 0.641. The minimum atomic E-state index is -0.223. The number of carbonyl (C=O) groups excluding carboxylic acids is 1. The summed E-state index contributed by atoms with van der Waals surface area (Å²) >= 11 is 9.14. The van der Waals surface area contributed by atoms with Gasteiger partial charge in [-0.15, -0.1) is 27.8 Å². The third kappa shape index (κ3) is 3.69. The Morgan fingerprint density at radius 3 is 3.00 bits per heavy atom. The fourth-order valence-electron chi connectivity index (χ4n) is 2.66. The largest absolute Gasteiger partial charge is 0.496 e. The zero-order chi connectivity index (χ0) is 18.8. The highest BCUT2D eigenvalue weighted by molar-refractivity contribution is 7.15. The minimum Gasteiger partial charge on any atom is -0.496 e. The number of rotatable bonds is 6. The second kappa shape index (κ2) is 7.67. The first kappa shape index (κ1) is 18.0. The number of halogens is 1. The van der Waals surface area contributed by atoms with Crippen LogP contribution < -0.4 is 10.1 Å². The van der Waals surface area contributed by atoms with Crippen molar-refractivity contribution >= 4 is 45.1 Å². The van der Waals surface area contributed by atoms with E-state index in [2.05, 4.69) is 15.4 Å². The van der Waals surface area contributed by atoms with Gasteiger partial charge in [0.25, 0.3) is 5.91 Å². The van der Waals surface area contributed by atoms with E-state index in [1.165, 1.54) is 18.4 Å². The Balaban J connectivity index is 1.45. The molecule has 9 heteroatoms. The van der Waals surface area contributed by atoms with E-state index in [0.717, 1.165) is 21.4 Å². The number of nitrogens with one attached hydrogen (secondary N) is 1. The number of ether oxygens (including phenoxy) is 1. The molecule has 4 rings (SSSR count). The van der Waals surface area contributed by atoms with Crippen LogP contribution in [-0.2, 0) is 6.42 Å². The average molecular weight is 419 g/mol. The number of thiophene rings is 1. The van der Waals surface area contributed by atoms with Gasteiger partial charge in [0, 0.05) is 23.4 Å². The molecule has 3 aromatic heterocycles. The Labute approximate surface area is 168 Å². The van der Waals surface area contributed by atoms with Crippen molar-refractivity contribution in [1.29, 1.82) is 0 Å². The Hall–Kier alpha value is -2.42. The summed E-state index contributed by atoms with van der Waals surface area (Å²) in [7, 11) is 1.53. The van der Waals surface area contributed by atoms with Crippen LogP contribution in [0, 0.1) is 0 Å². The Morgan fingerprint density at radius 1 is 1.33 bits per heavy atom. The number of hydrogen-bond acceptors (Lipinski definition) is 6. The van der Waals surface area contributed by atoms with Gasteiger partial charge in [-0.05, 0) is 29.6 Å². The molecule has 1 amide bonds. The predicted octanol–water partition coefficient (Wildman–Crippen LogP) is 4.15. The number of carbonyl (C=O) groups is 1. The monoisotopic (exact) mass is 418 g/mol. The Bertz CT molecular complexity index is 1090. The Kier molecular flexibility index (Phi) is 5.11. The molecule has 0 aliphatic carbocycles. The summed E-state index contributed by atoms with van der Waals surface area (Å²) in [6, 6.07) is 8.96. The fourth-order valence-corrected chi connectivity index (χ4v) is 4.34. The molecule has 27 heavy (non-hydrogen) atoms. The summed E-state index contributed by atoms with van der Waals surface area (Å²) in [5.74, 6) is 0.996. The number of benzene rings is 1. The van der Waals surface area contributed by atoms with Crippen molar-refractivity contribution < 1.29 is 9.53 Å². The van der Waals surface area contributed by atoms with Gasteiger partial charge in [0.05, 0.1) is 23.2 Å². The molecule has 0 aliphatic rings. The SMILES string of the molecule is COc1ccc(Cl)cc1C(=O)NCCc1csc2nc(-c3cccs3)nn12. The molecule has 138 valence electrons. The van der Waals surface area contributed by atoms with E-state index in [-0.39, 0.29) is 5.91 Å². The van der Waals surface area contributed by atoms with Crippen LogP contribution in [0.2, 0.25) is 5.02 Å². The van der Waals surface area contributed by atoms with Crippen LogP contribution in [0.1, 0.15) is 16.1 Å². The molecule has 0 bridgehead atoms. The van der Waals surface area contributed by atoms with E-state index in [4.69, 9.17) is 16.3 Å². The molecule has 3 heterocycles. The van der Waals surface area contributed by atoms with E-state index >= 15 is 0 Å². The highest BCUT2D eigenvalue weighted by Crippen LogP contribution is 2.25. The molecule has 0 fully saturated rings. The van der Waals surface area contributed by atoms with Crippen LogP contribution in [0.4, 0.5) is 0 Å². The third-order valence-corrected chi connectivity index (χ3v) is 5.93. The standard InChI is InChI=1S/C18H15ClN4O2S2/c1-25-14-5-4-11(19)9-13(14)17(24)20-7-6-12-10-27-18-21-16(22-23(12)18)15-3-2-8-26-15/h2-5,8-10H,6-7H2,1H3,(H,20,24). The third-order valence-electron chi connectivity index (χ3n) is 3.96. The number of fused-ring (bicyclic) bond motifs is 1. The van der Waals surface area contributed by atoms with Crippen LogP contribution in [-0.4, -0.2) is 34.2 Å². The second-order valence-electron chi connectivity index (χ2n) is 5.68. The highest BCUT2D eigenvalue weighted by Gasteiger charge is 2.14. The second-order valence-corrected chi connectivity index (χ2v) is 7.91. The number of thiazole rings is 1. The van der Waals surface area contributed by atoms with Crippen molar-refractivity contribution in [1.82, 2.24) is 19.9 Å². The van der Waals surface area contributed by atoms with Gasteiger partial charge >= 0.3 is 0 Å². The molecular weight excluding hydrogens is 404 g/mol. The lowest BCUT2D eigenvalue weighted by molar-refractivity contribution is 0.0951. The molecule has 6 nitrogen and oxygen atoms in total. The lowest BCUT2D eigenvalue weighted by Gasteiger charge is -2.09. The predicted molar refractivity (Wildman–Crippen MR) is 108 cm³/mol. The van der Waals surface area contributed by atoms with E-state index < -0.39 is 0 Å². The number of methoxy groups -OCH3 is 1. The molecule has 0 aliphatic heterocycles. The first-order chi connectivity index (χ1) is 13.2. The van der Waals surface area contributed by atoms with E-state index in [1.807, 2.05) is 27.4 Å². The average Bonchev–Trinajstić information content (AvgIpc) is 3.39. The normalized spacial score (nSPS) is 11.0. The molecule has 1 aromatic carbocycles. The van der Waals surface area contributed by atoms with Crippen molar-refractivity contribution in [2.24, 2.45) is 0 Å². The smallest absolute Gasteiger partial charge is 0.255 e. The van der Waals surface area contributed by atoms with Gasteiger partial charge in [-0.3, -0.25) is 4.79 Å². The minimum absolute atomic E-state index is 0.223. The van der Waals surface area contributed by atoms with Crippen molar-refractivity contribution in [3.05, 3.63) is 57.4 Å². The van der Waals surface area contributed by atoms with E-state index in [1.54, 1.807) is 29.5 Å². The van der Waals surface area contributed by atoms with Crippen molar-refractivity contribution in [2.45, 2.75) is 6.42 Å². The quantitative estimate of drug-likeness (QED) is 0.510. The van der Waals surface area contributed by atoms with Gasteiger partial charge in [-0.2, -0.15) is 4.98 Å². The summed E-state index contributed by atoms with van der Waals surface area (Å²) < 4.78 is 7.07. The molecule has 1 N–H and O–H groups in total. The van der Waals surface area contributed by atoms with Gasteiger partial charge in [0.15, 0.2) is 5.82 Å². The van der Waals surface area contributed by atoms with E-state index in [9.17, 15) is 4.79 Å². The molecule has 0 saturated heterocycles. The Morgan fingerprint density at radius 2 is 2.22 bits per heavy atom. The molecule has 0 atom stereocenters. The van der Waals surface area contributed by atoms with Gasteiger partial charge in [0.1, 0.15) is 5.75 Å². The fraction of sp³-hybridized carbons (Fsp3) is 0.167. The van der Waals surface area contributed by atoms with Crippen LogP contribution in [0.15, 0.2) is 41.1 Å². The van der Waals surface area contributed by atoms with Crippen molar-refractivity contribution in [2.75, 3.05) is 13.7 Å². The highest BCUT2D eigenvalue weighted by atomic mass is 35.5. The molecule has 0 saturated carbocycles. The van der Waals surface area contributed by atoms with E-state index in [0.29, 0.717) is 29.3 Å².